The summed E-state index contributed by atoms with van der Waals surface area (Å²) in [6.45, 7) is 2.20. The molecule has 0 radical (unpaired) electrons. The Morgan fingerprint density at radius 1 is 1.35 bits per heavy atom. The van der Waals surface area contributed by atoms with Gasteiger partial charge in [-0.25, -0.2) is 0 Å². The molecule has 17 heavy (non-hydrogen) atoms. The zero-order chi connectivity index (χ0) is 11.7. The fourth-order valence-electron chi connectivity index (χ4n) is 2.29. The molecule has 0 bridgehead atoms. The van der Waals surface area contributed by atoms with E-state index in [9.17, 15) is 4.79 Å². The van der Waals surface area contributed by atoms with Gasteiger partial charge in [0, 0.05) is 12.5 Å². The van der Waals surface area contributed by atoms with Gasteiger partial charge >= 0.3 is 0 Å². The van der Waals surface area contributed by atoms with E-state index in [0.717, 1.165) is 43.9 Å². The lowest BCUT2D eigenvalue weighted by Crippen LogP contribution is -2.31. The van der Waals surface area contributed by atoms with E-state index in [1.54, 1.807) is 0 Å². The number of Topliss-reactive ketones (excluding diaryl/α,β-unsaturated/α-hetero) is 1. The van der Waals surface area contributed by atoms with Gasteiger partial charge in [-0.2, -0.15) is 0 Å². The first-order chi connectivity index (χ1) is 8.34. The fraction of sp³-hybridized carbons (Fsp3) is 0.500. The van der Waals surface area contributed by atoms with Gasteiger partial charge in [0.15, 0.2) is 5.78 Å². The van der Waals surface area contributed by atoms with Gasteiger partial charge in [0.25, 0.3) is 0 Å². The van der Waals surface area contributed by atoms with Crippen molar-refractivity contribution in [3.63, 3.8) is 0 Å². The highest BCUT2D eigenvalue weighted by molar-refractivity contribution is 5.88. The van der Waals surface area contributed by atoms with Crippen LogP contribution in [0, 0.1) is 5.92 Å². The molecule has 0 saturated heterocycles. The number of ketones is 1. The Hall–Kier alpha value is -1.51. The number of carbonyl (C=O) groups excluding carboxylic acids is 1. The molecule has 0 amide bonds. The minimum absolute atomic E-state index is 0.339. The number of rotatable bonds is 3. The molecule has 1 fully saturated rings. The lowest BCUT2D eigenvalue weighted by Gasteiger charge is -2.22. The monoisotopic (exact) mass is 231 g/mol. The highest BCUT2D eigenvalue weighted by atomic mass is 16.5. The Labute approximate surface area is 101 Å². The largest absolute Gasteiger partial charge is 0.491 e. The van der Waals surface area contributed by atoms with Crippen LogP contribution in [0.25, 0.3) is 0 Å². The Morgan fingerprint density at radius 3 is 3.00 bits per heavy atom. The number of para-hydroxylation sites is 2. The minimum atomic E-state index is 0.339. The third-order valence-electron chi connectivity index (χ3n) is 3.42. The van der Waals surface area contributed by atoms with Gasteiger partial charge < -0.3 is 9.64 Å². The van der Waals surface area contributed by atoms with Gasteiger partial charge in [0.1, 0.15) is 5.75 Å². The third-order valence-corrected chi connectivity index (χ3v) is 3.42. The maximum Gasteiger partial charge on any atom is 0.155 e. The second kappa shape index (κ2) is 4.40. The number of anilines is 1. The van der Waals surface area contributed by atoms with Gasteiger partial charge in [-0.3, -0.25) is 4.79 Å². The van der Waals surface area contributed by atoms with E-state index in [4.69, 9.17) is 4.74 Å². The van der Waals surface area contributed by atoms with Gasteiger partial charge in [0.2, 0.25) is 0 Å². The first kappa shape index (κ1) is 10.6. The molecule has 1 aromatic carbocycles. The van der Waals surface area contributed by atoms with Crippen LogP contribution in [0.5, 0.6) is 5.75 Å². The molecule has 90 valence electrons. The van der Waals surface area contributed by atoms with E-state index in [0.29, 0.717) is 18.2 Å². The van der Waals surface area contributed by atoms with Crippen LogP contribution in [0.1, 0.15) is 19.3 Å². The standard InChI is InChI=1S/C14H17NO2/c16-13(11-6-7-11)10-15-8-3-9-17-14-5-2-1-4-12(14)15/h1-2,4-5,11H,3,6-10H2. The number of fused-ring (bicyclic) bond motifs is 1. The van der Waals surface area contributed by atoms with Crippen molar-refractivity contribution in [2.75, 3.05) is 24.6 Å². The van der Waals surface area contributed by atoms with Crippen LogP contribution >= 0.6 is 0 Å². The molecule has 2 aliphatic rings. The second-order valence-corrected chi connectivity index (χ2v) is 4.83. The molecule has 1 heterocycles. The average molecular weight is 231 g/mol. The van der Waals surface area contributed by atoms with Crippen LogP contribution in [-0.2, 0) is 4.79 Å². The maximum absolute atomic E-state index is 11.9. The summed E-state index contributed by atoms with van der Waals surface area (Å²) >= 11 is 0. The van der Waals surface area contributed by atoms with Crippen LogP contribution in [-0.4, -0.2) is 25.5 Å². The molecule has 1 aliphatic carbocycles. The van der Waals surface area contributed by atoms with Crippen molar-refractivity contribution in [3.05, 3.63) is 24.3 Å². The Bertz CT molecular complexity index is 426. The van der Waals surface area contributed by atoms with Crippen molar-refractivity contribution in [1.29, 1.82) is 0 Å². The van der Waals surface area contributed by atoms with Crippen molar-refractivity contribution >= 4 is 11.5 Å². The van der Waals surface area contributed by atoms with E-state index in [-0.39, 0.29) is 0 Å². The van der Waals surface area contributed by atoms with Crippen LogP contribution in [0.3, 0.4) is 0 Å². The van der Waals surface area contributed by atoms with Crippen LogP contribution in [0.2, 0.25) is 0 Å². The predicted molar refractivity (Wildman–Crippen MR) is 66.5 cm³/mol. The van der Waals surface area contributed by atoms with Gasteiger partial charge in [-0.15, -0.1) is 0 Å². The number of hydrogen-bond acceptors (Lipinski definition) is 3. The summed E-state index contributed by atoms with van der Waals surface area (Å²) in [7, 11) is 0. The summed E-state index contributed by atoms with van der Waals surface area (Å²) in [5, 5.41) is 0. The topological polar surface area (TPSA) is 29.5 Å². The van der Waals surface area contributed by atoms with Crippen LogP contribution in [0.4, 0.5) is 5.69 Å². The summed E-state index contributed by atoms with van der Waals surface area (Å²) in [6, 6.07) is 8.00. The summed E-state index contributed by atoms with van der Waals surface area (Å²) in [6.07, 6.45) is 3.16. The minimum Gasteiger partial charge on any atom is -0.491 e. The van der Waals surface area contributed by atoms with E-state index >= 15 is 0 Å². The highest BCUT2D eigenvalue weighted by Gasteiger charge is 2.31. The molecule has 0 aromatic heterocycles. The summed E-state index contributed by atoms with van der Waals surface area (Å²) in [5.41, 5.74) is 1.07. The first-order valence-electron chi connectivity index (χ1n) is 6.34. The zero-order valence-corrected chi connectivity index (χ0v) is 9.89. The van der Waals surface area contributed by atoms with Crippen molar-refractivity contribution in [2.24, 2.45) is 5.92 Å². The van der Waals surface area contributed by atoms with E-state index in [1.165, 1.54) is 0 Å². The average Bonchev–Trinajstić information content (AvgIpc) is 3.16. The normalized spacial score (nSPS) is 19.2. The second-order valence-electron chi connectivity index (χ2n) is 4.83. The maximum atomic E-state index is 11.9. The summed E-state index contributed by atoms with van der Waals surface area (Å²) in [4.78, 5) is 14.1. The molecule has 0 atom stereocenters. The van der Waals surface area contributed by atoms with Crippen LogP contribution in [0.15, 0.2) is 24.3 Å². The lowest BCUT2D eigenvalue weighted by molar-refractivity contribution is -0.118. The number of nitrogens with zero attached hydrogens (tertiary/aromatic N) is 1. The highest BCUT2D eigenvalue weighted by Crippen LogP contribution is 2.33. The Kier molecular flexibility index (Phi) is 2.75. The van der Waals surface area contributed by atoms with Crippen molar-refractivity contribution in [2.45, 2.75) is 19.3 Å². The predicted octanol–water partition coefficient (Wildman–Crippen LogP) is 2.25. The fourth-order valence-corrected chi connectivity index (χ4v) is 2.29. The zero-order valence-electron chi connectivity index (χ0n) is 9.89. The van der Waals surface area contributed by atoms with Gasteiger partial charge in [-0.1, -0.05) is 12.1 Å². The first-order valence-corrected chi connectivity index (χ1v) is 6.34. The molecule has 3 heteroatoms. The molecular formula is C14H17NO2. The third kappa shape index (κ3) is 2.28. The number of carbonyl (C=O) groups is 1. The molecule has 1 aromatic rings. The van der Waals surface area contributed by atoms with E-state index in [1.807, 2.05) is 24.3 Å². The summed E-state index contributed by atoms with van der Waals surface area (Å²) < 4.78 is 5.68. The Balaban J connectivity index is 1.80. The quantitative estimate of drug-likeness (QED) is 0.799. The van der Waals surface area contributed by atoms with E-state index in [2.05, 4.69) is 4.90 Å². The van der Waals surface area contributed by atoms with Crippen LogP contribution < -0.4 is 9.64 Å². The SMILES string of the molecule is O=C(CN1CCCOc2ccccc21)C1CC1. The smallest absolute Gasteiger partial charge is 0.155 e. The molecule has 0 unspecified atom stereocenters. The molecule has 3 rings (SSSR count). The lowest BCUT2D eigenvalue weighted by atomic mass is 10.2. The molecule has 1 aliphatic heterocycles. The molecule has 0 N–H and O–H groups in total. The summed E-state index contributed by atoms with van der Waals surface area (Å²) in [5.74, 6) is 1.64. The molecule has 3 nitrogen and oxygen atoms in total. The van der Waals surface area contributed by atoms with Gasteiger partial charge in [-0.05, 0) is 31.4 Å². The molecule has 1 saturated carbocycles. The van der Waals surface area contributed by atoms with Crippen molar-refractivity contribution < 1.29 is 9.53 Å². The van der Waals surface area contributed by atoms with Crippen molar-refractivity contribution in [3.8, 4) is 5.75 Å². The molecule has 0 spiro atoms. The van der Waals surface area contributed by atoms with Gasteiger partial charge in [0.05, 0.1) is 18.8 Å². The number of hydrogen-bond donors (Lipinski definition) is 0. The number of ether oxygens (including phenoxy) is 1. The number of benzene rings is 1. The van der Waals surface area contributed by atoms with Crippen molar-refractivity contribution in [1.82, 2.24) is 0 Å². The Morgan fingerprint density at radius 2 is 2.18 bits per heavy atom. The molecular weight excluding hydrogens is 214 g/mol. The van der Waals surface area contributed by atoms with E-state index < -0.39 is 0 Å².